The van der Waals surface area contributed by atoms with Crippen molar-refractivity contribution in [1.29, 1.82) is 0 Å². The second-order valence-electron chi connectivity index (χ2n) is 7.09. The van der Waals surface area contributed by atoms with Crippen LogP contribution in [0.1, 0.15) is 42.3 Å². The highest BCUT2D eigenvalue weighted by Crippen LogP contribution is 2.33. The van der Waals surface area contributed by atoms with Crippen molar-refractivity contribution in [2.75, 3.05) is 20.3 Å². The van der Waals surface area contributed by atoms with Crippen LogP contribution in [0.5, 0.6) is 17.2 Å². The van der Waals surface area contributed by atoms with Gasteiger partial charge in [-0.2, -0.15) is 0 Å². The van der Waals surface area contributed by atoms with E-state index >= 15 is 0 Å². The number of aromatic carboxylic acids is 1. The van der Waals surface area contributed by atoms with Crippen LogP contribution in [-0.4, -0.2) is 31.4 Å². The fourth-order valence-corrected chi connectivity index (χ4v) is 2.65. The Bertz CT molecular complexity index is 774. The molecule has 0 fully saturated rings. The van der Waals surface area contributed by atoms with Crippen molar-refractivity contribution in [3.8, 4) is 17.2 Å². The molecular weight excluding hydrogens is 332 g/mol. The lowest BCUT2D eigenvalue weighted by molar-refractivity contribution is 0.0690. The Balaban J connectivity index is 2.08. The van der Waals surface area contributed by atoms with E-state index in [9.17, 15) is 9.90 Å². The Labute approximate surface area is 154 Å². The van der Waals surface area contributed by atoms with E-state index < -0.39 is 5.97 Å². The lowest BCUT2D eigenvalue weighted by Crippen LogP contribution is -2.16. The van der Waals surface area contributed by atoms with Gasteiger partial charge in [0.2, 0.25) is 0 Å². The number of aryl methyl sites for hydroxylation is 1. The van der Waals surface area contributed by atoms with Crippen LogP contribution in [0.3, 0.4) is 0 Å². The Morgan fingerprint density at radius 1 is 1.04 bits per heavy atom. The highest BCUT2D eigenvalue weighted by molar-refractivity contribution is 5.92. The summed E-state index contributed by atoms with van der Waals surface area (Å²) in [4.78, 5) is 11.4. The molecule has 1 N–H and O–H groups in total. The second-order valence-corrected chi connectivity index (χ2v) is 7.09. The molecule has 2 aromatic rings. The van der Waals surface area contributed by atoms with Crippen LogP contribution >= 0.6 is 0 Å². The van der Waals surface area contributed by atoms with E-state index in [-0.39, 0.29) is 23.3 Å². The quantitative estimate of drug-likeness (QED) is 0.741. The zero-order chi connectivity index (χ0) is 19.3. The predicted molar refractivity (Wildman–Crippen MR) is 101 cm³/mol. The molecule has 0 unspecified atom stereocenters. The molecule has 26 heavy (non-hydrogen) atoms. The zero-order valence-electron chi connectivity index (χ0n) is 16.0. The lowest BCUT2D eigenvalue weighted by atomic mass is 9.85. The van der Waals surface area contributed by atoms with Crippen LogP contribution in [0.25, 0.3) is 0 Å². The van der Waals surface area contributed by atoms with E-state index in [1.165, 1.54) is 18.7 Å². The molecule has 0 bridgehead atoms. The minimum Gasteiger partial charge on any atom is -0.493 e. The lowest BCUT2D eigenvalue weighted by Gasteiger charge is -2.23. The van der Waals surface area contributed by atoms with E-state index in [1.807, 2.05) is 12.1 Å². The standard InChI is InChI=1S/C21H26O5/c1-14-9-10-17(16(13-14)21(2,3)4)25-11-12-26-19-15(20(22)23)7-6-8-18(19)24-5/h6-10,13H,11-12H2,1-5H3,(H,22,23). The number of methoxy groups -OCH3 is 1. The summed E-state index contributed by atoms with van der Waals surface area (Å²) in [5.41, 5.74) is 2.33. The van der Waals surface area contributed by atoms with Gasteiger partial charge in [-0.15, -0.1) is 0 Å². The monoisotopic (exact) mass is 358 g/mol. The highest BCUT2D eigenvalue weighted by atomic mass is 16.5. The van der Waals surface area contributed by atoms with Gasteiger partial charge < -0.3 is 19.3 Å². The minimum absolute atomic E-state index is 0.0403. The van der Waals surface area contributed by atoms with Crippen LogP contribution in [0.2, 0.25) is 0 Å². The first kappa shape index (κ1) is 19.6. The van der Waals surface area contributed by atoms with Crippen molar-refractivity contribution >= 4 is 5.97 Å². The summed E-state index contributed by atoms with van der Waals surface area (Å²) in [5, 5.41) is 9.31. The molecule has 0 amide bonds. The molecule has 0 atom stereocenters. The number of para-hydroxylation sites is 1. The van der Waals surface area contributed by atoms with Gasteiger partial charge in [0.1, 0.15) is 24.5 Å². The van der Waals surface area contributed by atoms with E-state index in [0.717, 1.165) is 11.3 Å². The summed E-state index contributed by atoms with van der Waals surface area (Å²) >= 11 is 0. The molecule has 0 heterocycles. The van der Waals surface area contributed by atoms with Crippen molar-refractivity contribution in [3.05, 3.63) is 53.1 Å². The highest BCUT2D eigenvalue weighted by Gasteiger charge is 2.20. The summed E-state index contributed by atoms with van der Waals surface area (Å²) in [6.45, 7) is 8.97. The number of ether oxygens (including phenoxy) is 3. The maximum Gasteiger partial charge on any atom is 0.339 e. The van der Waals surface area contributed by atoms with Gasteiger partial charge in [-0.1, -0.05) is 44.5 Å². The number of hydrogen-bond donors (Lipinski definition) is 1. The molecule has 140 valence electrons. The number of hydrogen-bond acceptors (Lipinski definition) is 4. The normalized spacial score (nSPS) is 11.1. The Morgan fingerprint density at radius 2 is 1.73 bits per heavy atom. The van der Waals surface area contributed by atoms with Crippen molar-refractivity contribution in [2.45, 2.75) is 33.1 Å². The van der Waals surface area contributed by atoms with Gasteiger partial charge in [-0.05, 0) is 36.1 Å². The van der Waals surface area contributed by atoms with Gasteiger partial charge in [0.25, 0.3) is 0 Å². The SMILES string of the molecule is COc1cccc(C(=O)O)c1OCCOc1ccc(C)cc1C(C)(C)C. The Hall–Kier alpha value is -2.69. The number of rotatable bonds is 7. The molecule has 0 aliphatic rings. The summed E-state index contributed by atoms with van der Waals surface area (Å²) in [5.74, 6) is 0.347. The van der Waals surface area contributed by atoms with Crippen LogP contribution in [0.4, 0.5) is 0 Å². The van der Waals surface area contributed by atoms with E-state index in [0.29, 0.717) is 12.4 Å². The third-order valence-corrected chi connectivity index (χ3v) is 3.96. The molecule has 5 nitrogen and oxygen atoms in total. The average Bonchev–Trinajstić information content (AvgIpc) is 2.58. The van der Waals surface area contributed by atoms with Crippen LogP contribution in [0.15, 0.2) is 36.4 Å². The number of carboxylic acids is 1. The van der Waals surface area contributed by atoms with Gasteiger partial charge >= 0.3 is 5.97 Å². The molecule has 2 rings (SSSR count). The van der Waals surface area contributed by atoms with E-state index in [4.69, 9.17) is 14.2 Å². The first-order chi connectivity index (χ1) is 12.2. The van der Waals surface area contributed by atoms with Crippen molar-refractivity contribution in [1.82, 2.24) is 0 Å². The minimum atomic E-state index is -1.06. The molecule has 0 aliphatic carbocycles. The molecule has 0 aromatic heterocycles. The largest absolute Gasteiger partial charge is 0.493 e. The smallest absolute Gasteiger partial charge is 0.339 e. The van der Waals surface area contributed by atoms with Gasteiger partial charge in [-0.25, -0.2) is 4.79 Å². The van der Waals surface area contributed by atoms with Gasteiger partial charge in [0, 0.05) is 0 Å². The van der Waals surface area contributed by atoms with E-state index in [2.05, 4.69) is 33.8 Å². The molecule has 0 saturated heterocycles. The number of carboxylic acid groups (broad SMARTS) is 1. The van der Waals surface area contributed by atoms with Crippen molar-refractivity contribution < 1.29 is 24.1 Å². The van der Waals surface area contributed by atoms with Crippen LogP contribution in [0, 0.1) is 6.92 Å². The summed E-state index contributed by atoms with van der Waals surface area (Å²) in [6.07, 6.45) is 0. The first-order valence-corrected chi connectivity index (χ1v) is 8.51. The van der Waals surface area contributed by atoms with Gasteiger partial charge in [0.05, 0.1) is 7.11 Å². The molecule has 0 radical (unpaired) electrons. The molecule has 0 saturated carbocycles. The molecular formula is C21H26O5. The Kier molecular flexibility index (Phi) is 6.14. The topological polar surface area (TPSA) is 65.0 Å². The third-order valence-electron chi connectivity index (χ3n) is 3.96. The third kappa shape index (κ3) is 4.69. The van der Waals surface area contributed by atoms with Gasteiger partial charge in [0.15, 0.2) is 11.5 Å². The maximum atomic E-state index is 11.4. The predicted octanol–water partition coefficient (Wildman–Crippen LogP) is 4.46. The fourth-order valence-electron chi connectivity index (χ4n) is 2.65. The van der Waals surface area contributed by atoms with Crippen molar-refractivity contribution in [2.24, 2.45) is 0 Å². The Morgan fingerprint density at radius 3 is 2.35 bits per heavy atom. The summed E-state index contributed by atoms with van der Waals surface area (Å²) in [7, 11) is 1.48. The van der Waals surface area contributed by atoms with Crippen LogP contribution in [-0.2, 0) is 5.41 Å². The van der Waals surface area contributed by atoms with E-state index in [1.54, 1.807) is 12.1 Å². The first-order valence-electron chi connectivity index (χ1n) is 8.51. The second kappa shape index (κ2) is 8.13. The summed E-state index contributed by atoms with van der Waals surface area (Å²) < 4.78 is 16.8. The fraction of sp³-hybridized carbons (Fsp3) is 0.381. The summed E-state index contributed by atoms with van der Waals surface area (Å²) in [6, 6.07) is 10.9. The van der Waals surface area contributed by atoms with Crippen LogP contribution < -0.4 is 14.2 Å². The molecule has 5 heteroatoms. The zero-order valence-corrected chi connectivity index (χ0v) is 16.0. The maximum absolute atomic E-state index is 11.4. The molecule has 2 aromatic carbocycles. The number of benzene rings is 2. The molecule has 0 aliphatic heterocycles. The average molecular weight is 358 g/mol. The van der Waals surface area contributed by atoms with Crippen molar-refractivity contribution in [3.63, 3.8) is 0 Å². The molecule has 0 spiro atoms. The number of carbonyl (C=O) groups is 1. The van der Waals surface area contributed by atoms with Gasteiger partial charge in [-0.3, -0.25) is 0 Å².